The molecule has 0 aliphatic heterocycles. The molecule has 0 aromatic carbocycles. The zero-order valence-corrected chi connectivity index (χ0v) is 7.61. The third-order valence-electron chi connectivity index (χ3n) is 4.38. The quantitative estimate of drug-likeness (QED) is 0.449. The highest BCUT2D eigenvalue weighted by Gasteiger charge is 2.59. The highest BCUT2D eigenvalue weighted by Crippen LogP contribution is 2.60. The van der Waals surface area contributed by atoms with Gasteiger partial charge in [0, 0.05) is 5.92 Å². The van der Waals surface area contributed by atoms with E-state index in [-0.39, 0.29) is 11.7 Å². The molecule has 0 heterocycles. The van der Waals surface area contributed by atoms with Gasteiger partial charge in [0.15, 0.2) is 0 Å². The molecule has 3 unspecified atom stereocenters. The predicted octanol–water partition coefficient (Wildman–Crippen LogP) is 1.44. The molecule has 0 aromatic heterocycles. The first-order valence-electron chi connectivity index (χ1n) is 5.32. The van der Waals surface area contributed by atoms with Crippen molar-refractivity contribution < 1.29 is 9.59 Å². The first-order valence-corrected chi connectivity index (χ1v) is 5.32. The molecule has 4 aliphatic carbocycles. The van der Waals surface area contributed by atoms with E-state index in [9.17, 15) is 9.59 Å². The van der Waals surface area contributed by atoms with Crippen molar-refractivity contribution >= 4 is 12.1 Å². The molecule has 0 spiro atoms. The van der Waals surface area contributed by atoms with Crippen LogP contribution < -0.4 is 0 Å². The molecule has 0 radical (unpaired) electrons. The van der Waals surface area contributed by atoms with E-state index in [4.69, 9.17) is 0 Å². The monoisotopic (exact) mass is 178 g/mol. The van der Waals surface area contributed by atoms with Crippen LogP contribution in [0.1, 0.15) is 25.7 Å². The molecule has 4 bridgehead atoms. The van der Waals surface area contributed by atoms with Gasteiger partial charge in [-0.2, -0.15) is 0 Å². The van der Waals surface area contributed by atoms with Gasteiger partial charge in [0.1, 0.15) is 12.1 Å². The van der Waals surface area contributed by atoms with Gasteiger partial charge in [-0.25, -0.2) is 0 Å². The van der Waals surface area contributed by atoms with Crippen LogP contribution in [0.5, 0.6) is 0 Å². The largest absolute Gasteiger partial charge is 0.303 e. The minimum Gasteiger partial charge on any atom is -0.303 e. The van der Waals surface area contributed by atoms with E-state index in [0.29, 0.717) is 23.7 Å². The SMILES string of the molecule is O=CC1C(=O)C2C3CCC1CCC32. The van der Waals surface area contributed by atoms with Gasteiger partial charge in [0.05, 0.1) is 5.92 Å². The summed E-state index contributed by atoms with van der Waals surface area (Å²) >= 11 is 0. The molecule has 13 heavy (non-hydrogen) atoms. The second-order valence-electron chi connectivity index (χ2n) is 4.83. The maximum Gasteiger partial charge on any atom is 0.146 e. The second-order valence-corrected chi connectivity index (χ2v) is 4.83. The van der Waals surface area contributed by atoms with Crippen molar-refractivity contribution in [2.24, 2.45) is 29.6 Å². The molecule has 0 amide bonds. The Balaban J connectivity index is 1.99. The Morgan fingerprint density at radius 2 is 1.69 bits per heavy atom. The number of Topliss-reactive ketones (excluding diaryl/α,β-unsaturated/α-hetero) is 1. The topological polar surface area (TPSA) is 34.1 Å². The third kappa shape index (κ3) is 0.890. The van der Waals surface area contributed by atoms with Gasteiger partial charge in [-0.3, -0.25) is 4.79 Å². The summed E-state index contributed by atoms with van der Waals surface area (Å²) in [6.45, 7) is 0. The lowest BCUT2D eigenvalue weighted by atomic mass is 9.86. The maximum atomic E-state index is 11.8. The summed E-state index contributed by atoms with van der Waals surface area (Å²) in [6, 6.07) is 0. The van der Waals surface area contributed by atoms with Crippen molar-refractivity contribution in [2.45, 2.75) is 25.7 Å². The minimum absolute atomic E-state index is 0.234. The number of ketones is 1. The fourth-order valence-electron chi connectivity index (χ4n) is 3.60. The average molecular weight is 178 g/mol. The molecule has 4 saturated carbocycles. The van der Waals surface area contributed by atoms with Crippen LogP contribution in [0.3, 0.4) is 0 Å². The zero-order valence-electron chi connectivity index (χ0n) is 7.61. The lowest BCUT2D eigenvalue weighted by Gasteiger charge is -2.16. The molecular formula is C11H14O2. The van der Waals surface area contributed by atoms with Crippen LogP contribution in [-0.4, -0.2) is 12.1 Å². The molecule has 4 aliphatic rings. The molecule has 70 valence electrons. The van der Waals surface area contributed by atoms with E-state index < -0.39 is 0 Å². The number of fused-ring (bicyclic) bond motifs is 3. The minimum atomic E-state index is -0.234. The van der Waals surface area contributed by atoms with E-state index in [1.807, 2.05) is 0 Å². The fourth-order valence-corrected chi connectivity index (χ4v) is 3.60. The Morgan fingerprint density at radius 3 is 2.23 bits per heavy atom. The summed E-state index contributed by atoms with van der Waals surface area (Å²) in [6.07, 6.45) is 5.56. The summed E-state index contributed by atoms with van der Waals surface area (Å²) in [4.78, 5) is 22.7. The lowest BCUT2D eigenvalue weighted by molar-refractivity contribution is -0.130. The van der Waals surface area contributed by atoms with Crippen LogP contribution in [0.4, 0.5) is 0 Å². The van der Waals surface area contributed by atoms with Gasteiger partial charge in [-0.05, 0) is 43.4 Å². The lowest BCUT2D eigenvalue weighted by Crippen LogP contribution is -2.23. The number of rotatable bonds is 1. The second kappa shape index (κ2) is 2.43. The van der Waals surface area contributed by atoms with Gasteiger partial charge >= 0.3 is 0 Å². The Hall–Kier alpha value is -0.660. The number of carbonyl (C=O) groups is 2. The Morgan fingerprint density at radius 1 is 1.08 bits per heavy atom. The maximum absolute atomic E-state index is 11.8. The molecule has 0 saturated heterocycles. The summed E-state index contributed by atoms with van der Waals surface area (Å²) in [5, 5.41) is 0. The van der Waals surface area contributed by atoms with Crippen LogP contribution in [-0.2, 0) is 9.59 Å². The Labute approximate surface area is 77.7 Å². The van der Waals surface area contributed by atoms with E-state index in [2.05, 4.69) is 0 Å². The predicted molar refractivity (Wildman–Crippen MR) is 47.0 cm³/mol. The van der Waals surface area contributed by atoms with Crippen molar-refractivity contribution in [3.8, 4) is 0 Å². The first-order chi connectivity index (χ1) is 6.33. The van der Waals surface area contributed by atoms with Crippen LogP contribution in [0.25, 0.3) is 0 Å². The van der Waals surface area contributed by atoms with E-state index >= 15 is 0 Å². The highest BCUT2D eigenvalue weighted by molar-refractivity contribution is 5.97. The van der Waals surface area contributed by atoms with Crippen LogP contribution >= 0.6 is 0 Å². The number of hydrogen-bond acceptors (Lipinski definition) is 2. The van der Waals surface area contributed by atoms with Crippen LogP contribution in [0.2, 0.25) is 0 Å². The molecule has 0 N–H and O–H groups in total. The highest BCUT2D eigenvalue weighted by atomic mass is 16.1. The standard InChI is InChI=1S/C11H14O2/c12-5-9-6-1-3-7-8(4-2-6)10(7)11(9)13/h5-10H,1-4H2. The average Bonchev–Trinajstić information content (AvgIpc) is 2.82. The fraction of sp³-hybridized carbons (Fsp3) is 0.818. The van der Waals surface area contributed by atoms with Gasteiger partial charge < -0.3 is 4.79 Å². The number of carbonyl (C=O) groups excluding carboxylic acids is 2. The van der Waals surface area contributed by atoms with Crippen molar-refractivity contribution in [1.82, 2.24) is 0 Å². The van der Waals surface area contributed by atoms with Gasteiger partial charge in [0.25, 0.3) is 0 Å². The van der Waals surface area contributed by atoms with Gasteiger partial charge in [-0.1, -0.05) is 0 Å². The summed E-state index contributed by atoms with van der Waals surface area (Å²) < 4.78 is 0. The van der Waals surface area contributed by atoms with E-state index in [1.165, 1.54) is 12.8 Å². The zero-order chi connectivity index (χ0) is 9.00. The van der Waals surface area contributed by atoms with E-state index in [1.54, 1.807) is 0 Å². The molecule has 3 atom stereocenters. The summed E-state index contributed by atoms with van der Waals surface area (Å²) in [5.41, 5.74) is 0. The van der Waals surface area contributed by atoms with Crippen LogP contribution in [0, 0.1) is 29.6 Å². The Kier molecular flexibility index (Phi) is 1.44. The van der Waals surface area contributed by atoms with Crippen molar-refractivity contribution in [3.63, 3.8) is 0 Å². The number of hydrogen-bond donors (Lipinski definition) is 0. The summed E-state index contributed by atoms with van der Waals surface area (Å²) in [5.74, 6) is 2.07. The molecule has 4 rings (SSSR count). The molecule has 4 fully saturated rings. The third-order valence-corrected chi connectivity index (χ3v) is 4.38. The van der Waals surface area contributed by atoms with Crippen molar-refractivity contribution in [1.29, 1.82) is 0 Å². The van der Waals surface area contributed by atoms with Crippen molar-refractivity contribution in [2.75, 3.05) is 0 Å². The van der Waals surface area contributed by atoms with E-state index in [0.717, 1.165) is 19.1 Å². The molecule has 0 aromatic rings. The number of aldehydes is 1. The molecular weight excluding hydrogens is 164 g/mol. The summed E-state index contributed by atoms with van der Waals surface area (Å²) in [7, 11) is 0. The van der Waals surface area contributed by atoms with Crippen LogP contribution in [0.15, 0.2) is 0 Å². The molecule has 2 heteroatoms. The Bertz CT molecular complexity index is 257. The smallest absolute Gasteiger partial charge is 0.146 e. The first kappa shape index (κ1) is 7.72. The van der Waals surface area contributed by atoms with Crippen molar-refractivity contribution in [3.05, 3.63) is 0 Å². The van der Waals surface area contributed by atoms with Gasteiger partial charge in [-0.15, -0.1) is 0 Å². The van der Waals surface area contributed by atoms with Gasteiger partial charge in [0.2, 0.25) is 0 Å². The normalized spacial score (nSPS) is 52.6. The molecule has 2 nitrogen and oxygen atoms in total.